The molecule has 2 N–H and O–H groups in total. The van der Waals surface area contributed by atoms with Gasteiger partial charge in [-0.1, -0.05) is 23.9 Å². The van der Waals surface area contributed by atoms with Crippen LogP contribution in [0.1, 0.15) is 16.1 Å². The molecule has 4 nitrogen and oxygen atoms in total. The van der Waals surface area contributed by atoms with Crippen LogP contribution in [-0.4, -0.2) is 22.4 Å². The highest BCUT2D eigenvalue weighted by Gasteiger charge is 2.31. The highest BCUT2D eigenvalue weighted by Crippen LogP contribution is 2.39. The number of aromatic nitrogens is 1. The van der Waals surface area contributed by atoms with Crippen molar-refractivity contribution in [3.05, 3.63) is 53.7 Å². The molecule has 0 spiro atoms. The number of carbonyl (C=O) groups is 1. The zero-order valence-electron chi connectivity index (χ0n) is 12.8. The summed E-state index contributed by atoms with van der Waals surface area (Å²) in [6, 6.07) is 10.5. The Morgan fingerprint density at radius 3 is 2.60 bits per heavy atom. The van der Waals surface area contributed by atoms with Gasteiger partial charge in [0.05, 0.1) is 5.56 Å². The van der Waals surface area contributed by atoms with Gasteiger partial charge in [-0.25, -0.2) is 4.79 Å². The molecule has 0 saturated heterocycles. The lowest BCUT2D eigenvalue weighted by Crippen LogP contribution is -2.16. The number of H-pyrrole nitrogens is 1. The summed E-state index contributed by atoms with van der Waals surface area (Å²) in [5.74, 6) is -1.39. The number of carboxylic acids is 1. The van der Waals surface area contributed by atoms with E-state index in [1.54, 1.807) is 25.1 Å². The highest BCUT2D eigenvalue weighted by molar-refractivity contribution is 7.99. The molecular formula is C17H12F3NO3S. The number of carboxylic acid groups (broad SMARTS) is 1. The van der Waals surface area contributed by atoms with Crippen LogP contribution in [0.4, 0.5) is 13.2 Å². The number of aromatic carboxylic acids is 1. The minimum atomic E-state index is -4.78. The lowest BCUT2D eigenvalue weighted by atomic mass is 10.2. The predicted molar refractivity (Wildman–Crippen MR) is 87.2 cm³/mol. The van der Waals surface area contributed by atoms with Crippen LogP contribution in [0.5, 0.6) is 5.75 Å². The van der Waals surface area contributed by atoms with Gasteiger partial charge in [0.1, 0.15) is 5.75 Å². The van der Waals surface area contributed by atoms with Crippen molar-refractivity contribution in [1.82, 2.24) is 4.98 Å². The van der Waals surface area contributed by atoms with Crippen LogP contribution < -0.4 is 4.74 Å². The molecule has 0 aliphatic carbocycles. The number of hydrogen-bond donors (Lipinski definition) is 2. The fourth-order valence-electron chi connectivity index (χ4n) is 2.45. The Bertz CT molecular complexity index is 950. The molecule has 2 aromatic carbocycles. The number of benzene rings is 2. The van der Waals surface area contributed by atoms with E-state index in [-0.39, 0.29) is 11.3 Å². The Kier molecular flexibility index (Phi) is 4.38. The minimum absolute atomic E-state index is 0.129. The number of rotatable bonds is 4. The maximum Gasteiger partial charge on any atom is 0.573 e. The van der Waals surface area contributed by atoms with Gasteiger partial charge in [-0.15, -0.1) is 13.2 Å². The summed E-state index contributed by atoms with van der Waals surface area (Å²) < 4.78 is 41.3. The van der Waals surface area contributed by atoms with E-state index >= 15 is 0 Å². The molecule has 1 heterocycles. The normalized spacial score (nSPS) is 11.7. The molecule has 0 aliphatic heterocycles. The summed E-state index contributed by atoms with van der Waals surface area (Å²) in [5.41, 5.74) is 1.50. The summed E-state index contributed by atoms with van der Waals surface area (Å²) in [6.45, 7) is 1.77. The van der Waals surface area contributed by atoms with Crippen LogP contribution in [0, 0.1) is 6.92 Å². The van der Waals surface area contributed by atoms with E-state index in [1.165, 1.54) is 36.0 Å². The lowest BCUT2D eigenvalue weighted by Gasteiger charge is -2.09. The van der Waals surface area contributed by atoms with Crippen molar-refractivity contribution in [1.29, 1.82) is 0 Å². The Morgan fingerprint density at radius 1 is 1.20 bits per heavy atom. The van der Waals surface area contributed by atoms with Gasteiger partial charge >= 0.3 is 12.3 Å². The number of fused-ring (bicyclic) bond motifs is 1. The number of aryl methyl sites for hydroxylation is 1. The summed E-state index contributed by atoms with van der Waals surface area (Å²) in [4.78, 5) is 15.6. The molecular weight excluding hydrogens is 355 g/mol. The van der Waals surface area contributed by atoms with Gasteiger partial charge in [0.15, 0.2) is 0 Å². The molecule has 3 rings (SSSR count). The third-order valence-electron chi connectivity index (χ3n) is 3.46. The van der Waals surface area contributed by atoms with Crippen molar-refractivity contribution >= 4 is 28.6 Å². The van der Waals surface area contributed by atoms with E-state index < -0.39 is 12.3 Å². The van der Waals surface area contributed by atoms with Crippen LogP contribution in [-0.2, 0) is 0 Å². The van der Waals surface area contributed by atoms with E-state index in [4.69, 9.17) is 0 Å². The number of ether oxygens (including phenoxy) is 1. The quantitative estimate of drug-likeness (QED) is 0.663. The van der Waals surface area contributed by atoms with Gasteiger partial charge in [0.2, 0.25) is 0 Å². The van der Waals surface area contributed by atoms with Crippen molar-refractivity contribution in [2.24, 2.45) is 0 Å². The van der Waals surface area contributed by atoms with Crippen LogP contribution >= 0.6 is 11.8 Å². The first-order chi connectivity index (χ1) is 11.7. The van der Waals surface area contributed by atoms with Gasteiger partial charge in [0.25, 0.3) is 0 Å². The third-order valence-corrected chi connectivity index (χ3v) is 4.77. The molecule has 0 radical (unpaired) electrons. The molecule has 8 heteroatoms. The topological polar surface area (TPSA) is 62.3 Å². The van der Waals surface area contributed by atoms with Crippen molar-refractivity contribution in [3.63, 3.8) is 0 Å². The van der Waals surface area contributed by atoms with Crippen LogP contribution in [0.25, 0.3) is 10.9 Å². The smallest absolute Gasteiger partial charge is 0.478 e. The van der Waals surface area contributed by atoms with Gasteiger partial charge in [-0.3, -0.25) is 0 Å². The zero-order valence-corrected chi connectivity index (χ0v) is 13.7. The van der Waals surface area contributed by atoms with E-state index in [1.807, 2.05) is 0 Å². The van der Waals surface area contributed by atoms with Crippen LogP contribution in [0.2, 0.25) is 0 Å². The number of hydrogen-bond acceptors (Lipinski definition) is 3. The van der Waals surface area contributed by atoms with E-state index in [9.17, 15) is 23.1 Å². The second-order valence-corrected chi connectivity index (χ2v) is 6.29. The first kappa shape index (κ1) is 17.2. The standard InChI is InChI=1S/C17H12F3NO3S/c1-9-15(25-14-5-3-2-4-11(14)16(22)23)12-8-10(24-17(18,19)20)6-7-13(12)21-9/h2-8,21H,1H3,(H,22,23). The number of aromatic amines is 1. The Morgan fingerprint density at radius 2 is 1.92 bits per heavy atom. The summed E-state index contributed by atoms with van der Waals surface area (Å²) >= 11 is 1.18. The second-order valence-electron chi connectivity index (χ2n) is 5.24. The number of halogens is 3. The summed E-state index contributed by atoms with van der Waals surface area (Å²) in [7, 11) is 0. The van der Waals surface area contributed by atoms with Gasteiger partial charge in [0, 0.05) is 26.4 Å². The molecule has 0 fully saturated rings. The summed E-state index contributed by atoms with van der Waals surface area (Å²) in [5, 5.41) is 9.81. The van der Waals surface area contributed by atoms with Crippen LogP contribution in [0.15, 0.2) is 52.3 Å². The molecule has 1 aromatic heterocycles. The Hall–Kier alpha value is -2.61. The molecule has 3 aromatic rings. The number of nitrogens with one attached hydrogen (secondary N) is 1. The monoisotopic (exact) mass is 367 g/mol. The predicted octanol–water partition coefficient (Wildman–Crippen LogP) is 5.22. The summed E-state index contributed by atoms with van der Waals surface area (Å²) in [6.07, 6.45) is -4.78. The van der Waals surface area contributed by atoms with E-state index in [2.05, 4.69) is 9.72 Å². The Balaban J connectivity index is 2.05. The molecule has 0 unspecified atom stereocenters. The molecule has 130 valence electrons. The molecule has 0 aliphatic rings. The molecule has 0 amide bonds. The van der Waals surface area contributed by atoms with Crippen molar-refractivity contribution < 1.29 is 27.8 Å². The van der Waals surface area contributed by atoms with Gasteiger partial charge in [-0.2, -0.15) is 0 Å². The van der Waals surface area contributed by atoms with Crippen LogP contribution in [0.3, 0.4) is 0 Å². The van der Waals surface area contributed by atoms with Crippen molar-refractivity contribution in [2.45, 2.75) is 23.1 Å². The molecule has 25 heavy (non-hydrogen) atoms. The first-order valence-electron chi connectivity index (χ1n) is 7.13. The minimum Gasteiger partial charge on any atom is -0.478 e. The fraction of sp³-hybridized carbons (Fsp3) is 0.118. The maximum atomic E-state index is 12.4. The average Bonchev–Trinajstić information content (AvgIpc) is 2.82. The zero-order chi connectivity index (χ0) is 18.2. The highest BCUT2D eigenvalue weighted by atomic mass is 32.2. The molecule has 0 bridgehead atoms. The number of alkyl halides is 3. The van der Waals surface area contributed by atoms with Gasteiger partial charge in [-0.05, 0) is 37.3 Å². The maximum absolute atomic E-state index is 12.4. The third kappa shape index (κ3) is 3.74. The largest absolute Gasteiger partial charge is 0.573 e. The molecule has 0 saturated carbocycles. The average molecular weight is 367 g/mol. The van der Waals surface area contributed by atoms with Gasteiger partial charge < -0.3 is 14.8 Å². The Labute approximate surface area is 144 Å². The van der Waals surface area contributed by atoms with E-state index in [0.29, 0.717) is 20.7 Å². The van der Waals surface area contributed by atoms with E-state index in [0.717, 1.165) is 5.69 Å². The van der Waals surface area contributed by atoms with Crippen molar-refractivity contribution in [2.75, 3.05) is 0 Å². The second kappa shape index (κ2) is 6.36. The first-order valence-corrected chi connectivity index (χ1v) is 7.94. The molecule has 0 atom stereocenters. The lowest BCUT2D eigenvalue weighted by molar-refractivity contribution is -0.274. The fourth-order valence-corrected chi connectivity index (χ4v) is 3.57. The SMILES string of the molecule is Cc1[nH]c2ccc(OC(F)(F)F)cc2c1Sc1ccccc1C(=O)O. The van der Waals surface area contributed by atoms with Crippen molar-refractivity contribution in [3.8, 4) is 5.75 Å².